The van der Waals surface area contributed by atoms with Crippen molar-refractivity contribution in [3.05, 3.63) is 0 Å². The second-order valence-electron chi connectivity index (χ2n) is 6.46. The first-order valence-corrected chi connectivity index (χ1v) is 7.30. The summed E-state index contributed by atoms with van der Waals surface area (Å²) in [4.78, 5) is 12.2. The van der Waals surface area contributed by atoms with Gasteiger partial charge in [0.25, 0.3) is 0 Å². The van der Waals surface area contributed by atoms with Gasteiger partial charge in [-0.3, -0.25) is 4.79 Å². The fraction of sp³-hybridized carbons (Fsp3) is 0.867. The molecule has 3 nitrogen and oxygen atoms in total. The lowest BCUT2D eigenvalue weighted by Gasteiger charge is -2.34. The van der Waals surface area contributed by atoms with E-state index in [-0.39, 0.29) is 11.3 Å². The Kier molecular flexibility index (Phi) is 3.94. The van der Waals surface area contributed by atoms with E-state index in [0.29, 0.717) is 0 Å². The Morgan fingerprint density at radius 2 is 1.67 bits per heavy atom. The number of hydrogen-bond acceptors (Lipinski definition) is 2. The van der Waals surface area contributed by atoms with Crippen LogP contribution >= 0.6 is 0 Å². The Balaban J connectivity index is 1.89. The van der Waals surface area contributed by atoms with E-state index >= 15 is 0 Å². The predicted molar refractivity (Wildman–Crippen MR) is 70.7 cm³/mol. The number of nitrogens with zero attached hydrogens (tertiary/aromatic N) is 1. The van der Waals surface area contributed by atoms with Gasteiger partial charge in [0.15, 0.2) is 0 Å². The fourth-order valence-corrected chi connectivity index (χ4v) is 3.41. The minimum absolute atomic E-state index is 0.0192. The maximum Gasteiger partial charge on any atom is 0.240 e. The van der Waals surface area contributed by atoms with E-state index < -0.39 is 5.41 Å². The summed E-state index contributed by atoms with van der Waals surface area (Å²) in [5.74, 6) is -0.0192. The number of hydrogen-bond donors (Lipinski definition) is 1. The molecule has 0 aromatic heterocycles. The van der Waals surface area contributed by atoms with Crippen molar-refractivity contribution >= 4 is 5.91 Å². The van der Waals surface area contributed by atoms with Crippen molar-refractivity contribution in [2.75, 3.05) is 6.54 Å². The van der Waals surface area contributed by atoms with Crippen LogP contribution in [0, 0.1) is 22.2 Å². The predicted octanol–water partition coefficient (Wildman–Crippen LogP) is 3.16. The third-order valence-electron chi connectivity index (χ3n) is 4.84. The van der Waals surface area contributed by atoms with E-state index in [9.17, 15) is 10.1 Å². The van der Waals surface area contributed by atoms with Crippen molar-refractivity contribution in [2.24, 2.45) is 10.8 Å². The van der Waals surface area contributed by atoms with Gasteiger partial charge in [0.05, 0.1) is 6.07 Å². The first-order valence-electron chi connectivity index (χ1n) is 7.30. The lowest BCUT2D eigenvalue weighted by Crippen LogP contribution is -2.43. The van der Waals surface area contributed by atoms with Crippen molar-refractivity contribution in [2.45, 2.75) is 64.7 Å². The summed E-state index contributed by atoms with van der Waals surface area (Å²) in [5.41, 5.74) is -0.464. The van der Waals surface area contributed by atoms with E-state index in [1.165, 1.54) is 32.1 Å². The second kappa shape index (κ2) is 5.30. The average molecular weight is 248 g/mol. The minimum atomic E-state index is -0.717. The Morgan fingerprint density at radius 3 is 2.22 bits per heavy atom. The van der Waals surface area contributed by atoms with E-state index in [1.807, 2.05) is 0 Å². The molecule has 0 atom stereocenters. The van der Waals surface area contributed by atoms with Gasteiger partial charge in [-0.1, -0.05) is 39.0 Å². The molecule has 2 fully saturated rings. The molecular formula is C15H24N2O. The molecule has 1 N–H and O–H groups in total. The second-order valence-corrected chi connectivity index (χ2v) is 6.46. The van der Waals surface area contributed by atoms with Crippen LogP contribution in [0.1, 0.15) is 64.7 Å². The number of carbonyl (C=O) groups is 1. The summed E-state index contributed by atoms with van der Waals surface area (Å²) < 4.78 is 0. The molecule has 1 amide bonds. The van der Waals surface area contributed by atoms with Crippen LogP contribution in [0.3, 0.4) is 0 Å². The Hall–Kier alpha value is -1.04. The van der Waals surface area contributed by atoms with Gasteiger partial charge in [-0.2, -0.15) is 5.26 Å². The molecule has 0 radical (unpaired) electrons. The number of carbonyl (C=O) groups excluding carboxylic acids is 1. The van der Waals surface area contributed by atoms with Crippen LogP contribution in [-0.4, -0.2) is 12.5 Å². The first kappa shape index (κ1) is 13.4. The highest BCUT2D eigenvalue weighted by atomic mass is 16.2. The SMILES string of the molecule is CC1(CNC(=O)C2(C#N)CCCC2)CCCCC1. The van der Waals surface area contributed by atoms with E-state index in [0.717, 1.165) is 32.2 Å². The van der Waals surface area contributed by atoms with Crippen LogP contribution < -0.4 is 5.32 Å². The molecule has 0 saturated heterocycles. The van der Waals surface area contributed by atoms with E-state index in [2.05, 4.69) is 18.3 Å². The van der Waals surface area contributed by atoms with Crippen molar-refractivity contribution in [3.8, 4) is 6.07 Å². The molecular weight excluding hydrogens is 224 g/mol. The topological polar surface area (TPSA) is 52.9 Å². The zero-order valence-corrected chi connectivity index (χ0v) is 11.4. The van der Waals surface area contributed by atoms with Crippen LogP contribution in [0.5, 0.6) is 0 Å². The average Bonchev–Trinajstić information content (AvgIpc) is 2.87. The van der Waals surface area contributed by atoms with Crippen LogP contribution in [0.4, 0.5) is 0 Å². The molecule has 0 unspecified atom stereocenters. The van der Waals surface area contributed by atoms with Crippen LogP contribution in [-0.2, 0) is 4.79 Å². The normalized spacial score (nSPS) is 25.3. The summed E-state index contributed by atoms with van der Waals surface area (Å²) in [6.07, 6.45) is 9.78. The Morgan fingerprint density at radius 1 is 1.11 bits per heavy atom. The van der Waals surface area contributed by atoms with E-state index in [4.69, 9.17) is 0 Å². The molecule has 0 spiro atoms. The van der Waals surface area contributed by atoms with Gasteiger partial charge >= 0.3 is 0 Å². The number of nitrogens with one attached hydrogen (secondary N) is 1. The van der Waals surface area contributed by atoms with Gasteiger partial charge in [0, 0.05) is 6.54 Å². The zero-order valence-electron chi connectivity index (χ0n) is 11.4. The number of rotatable bonds is 3. The molecule has 2 aliphatic rings. The molecule has 2 aliphatic carbocycles. The first-order chi connectivity index (χ1) is 8.60. The summed E-state index contributed by atoms with van der Waals surface area (Å²) >= 11 is 0. The largest absolute Gasteiger partial charge is 0.354 e. The smallest absolute Gasteiger partial charge is 0.240 e. The fourth-order valence-electron chi connectivity index (χ4n) is 3.41. The molecule has 0 aromatic rings. The van der Waals surface area contributed by atoms with Crippen molar-refractivity contribution in [1.82, 2.24) is 5.32 Å². The molecule has 0 bridgehead atoms. The maximum atomic E-state index is 12.2. The van der Waals surface area contributed by atoms with Gasteiger partial charge in [-0.25, -0.2) is 0 Å². The number of amides is 1. The molecule has 2 rings (SSSR count). The maximum absolute atomic E-state index is 12.2. The van der Waals surface area contributed by atoms with Gasteiger partial charge in [0.2, 0.25) is 5.91 Å². The highest BCUT2D eigenvalue weighted by molar-refractivity contribution is 5.85. The Labute approximate surface area is 110 Å². The lowest BCUT2D eigenvalue weighted by atomic mass is 9.75. The standard InChI is InChI=1S/C15H24N2O/c1-14(7-3-2-4-8-14)12-17-13(18)15(11-16)9-5-6-10-15/h2-10,12H2,1H3,(H,17,18). The van der Waals surface area contributed by atoms with E-state index in [1.54, 1.807) is 0 Å². The van der Waals surface area contributed by atoms with Crippen LogP contribution in [0.2, 0.25) is 0 Å². The van der Waals surface area contributed by atoms with Crippen molar-refractivity contribution in [1.29, 1.82) is 5.26 Å². The molecule has 100 valence electrons. The lowest BCUT2D eigenvalue weighted by molar-refractivity contribution is -0.128. The van der Waals surface area contributed by atoms with Gasteiger partial charge in [-0.15, -0.1) is 0 Å². The quantitative estimate of drug-likeness (QED) is 0.834. The summed E-state index contributed by atoms with van der Waals surface area (Å²) in [5, 5.41) is 12.3. The van der Waals surface area contributed by atoms with Gasteiger partial charge < -0.3 is 5.32 Å². The molecule has 3 heteroatoms. The van der Waals surface area contributed by atoms with Crippen molar-refractivity contribution < 1.29 is 4.79 Å². The molecule has 2 saturated carbocycles. The number of nitriles is 1. The summed E-state index contributed by atoms with van der Waals surface area (Å²) in [6, 6.07) is 2.27. The highest BCUT2D eigenvalue weighted by Gasteiger charge is 2.42. The van der Waals surface area contributed by atoms with Crippen molar-refractivity contribution in [3.63, 3.8) is 0 Å². The van der Waals surface area contributed by atoms with Crippen LogP contribution in [0.15, 0.2) is 0 Å². The van der Waals surface area contributed by atoms with Gasteiger partial charge in [0.1, 0.15) is 5.41 Å². The minimum Gasteiger partial charge on any atom is -0.354 e. The highest BCUT2D eigenvalue weighted by Crippen LogP contribution is 2.39. The molecule has 0 aromatic carbocycles. The third kappa shape index (κ3) is 2.68. The molecule has 0 aliphatic heterocycles. The van der Waals surface area contributed by atoms with Gasteiger partial charge in [-0.05, 0) is 31.1 Å². The zero-order chi connectivity index (χ0) is 13.1. The monoisotopic (exact) mass is 248 g/mol. The third-order valence-corrected chi connectivity index (χ3v) is 4.84. The molecule has 0 heterocycles. The molecule has 18 heavy (non-hydrogen) atoms. The Bertz CT molecular complexity index is 344. The summed E-state index contributed by atoms with van der Waals surface area (Å²) in [6.45, 7) is 3.01. The summed E-state index contributed by atoms with van der Waals surface area (Å²) in [7, 11) is 0. The van der Waals surface area contributed by atoms with Crippen LogP contribution in [0.25, 0.3) is 0 Å².